The fourth-order valence-corrected chi connectivity index (χ4v) is 2.30. The minimum atomic E-state index is -1.06. The Morgan fingerprint density at radius 2 is 1.90 bits per heavy atom. The largest absolute Gasteiger partial charge is 0.496 e. The van der Waals surface area contributed by atoms with Crippen molar-refractivity contribution in [1.29, 1.82) is 0 Å². The van der Waals surface area contributed by atoms with Crippen LogP contribution in [0.5, 0.6) is 11.5 Å². The Bertz CT molecular complexity index is 658. The number of aromatic carboxylic acids is 1. The first-order valence-electron chi connectivity index (χ1n) is 5.68. The van der Waals surface area contributed by atoms with E-state index in [1.807, 2.05) is 12.1 Å². The molecule has 104 valence electrons. The maximum atomic E-state index is 11.2. The number of halogens is 1. The summed E-state index contributed by atoms with van der Waals surface area (Å²) >= 11 is 3.39. The zero-order chi connectivity index (χ0) is 14.7. The molecular formula is C14H12BrNO4. The molecule has 0 spiro atoms. The molecule has 0 aliphatic carbocycles. The Morgan fingerprint density at radius 3 is 2.45 bits per heavy atom. The lowest BCUT2D eigenvalue weighted by atomic mass is 10.1. The topological polar surface area (TPSA) is 68.7 Å². The van der Waals surface area contributed by atoms with Gasteiger partial charge in [-0.3, -0.25) is 4.98 Å². The third kappa shape index (κ3) is 2.75. The number of ether oxygens (including phenoxy) is 2. The van der Waals surface area contributed by atoms with Gasteiger partial charge in [-0.2, -0.15) is 0 Å². The van der Waals surface area contributed by atoms with Crippen molar-refractivity contribution in [2.45, 2.75) is 0 Å². The number of methoxy groups -OCH3 is 2. The first kappa shape index (κ1) is 14.3. The molecule has 0 saturated heterocycles. The second-order valence-corrected chi connectivity index (χ2v) is 4.78. The van der Waals surface area contributed by atoms with Crippen molar-refractivity contribution in [3.05, 3.63) is 40.5 Å². The Labute approximate surface area is 124 Å². The van der Waals surface area contributed by atoms with Gasteiger partial charge in [-0.1, -0.05) is 0 Å². The van der Waals surface area contributed by atoms with Crippen LogP contribution in [0.2, 0.25) is 0 Å². The van der Waals surface area contributed by atoms with E-state index < -0.39 is 5.97 Å². The fraction of sp³-hybridized carbons (Fsp3) is 0.143. The van der Waals surface area contributed by atoms with Crippen LogP contribution in [0.4, 0.5) is 0 Å². The molecule has 20 heavy (non-hydrogen) atoms. The number of carboxylic acid groups (broad SMARTS) is 1. The zero-order valence-electron chi connectivity index (χ0n) is 10.9. The molecule has 2 aromatic rings. The molecular weight excluding hydrogens is 326 g/mol. The predicted octanol–water partition coefficient (Wildman–Crippen LogP) is 3.23. The van der Waals surface area contributed by atoms with Gasteiger partial charge in [-0.25, -0.2) is 4.79 Å². The van der Waals surface area contributed by atoms with Crippen LogP contribution in [0.1, 0.15) is 10.4 Å². The summed E-state index contributed by atoms with van der Waals surface area (Å²) in [5, 5.41) is 9.17. The monoisotopic (exact) mass is 337 g/mol. The Balaban J connectivity index is 2.50. The Kier molecular flexibility index (Phi) is 4.24. The van der Waals surface area contributed by atoms with Crippen molar-refractivity contribution in [2.24, 2.45) is 0 Å². The molecule has 0 radical (unpaired) electrons. The van der Waals surface area contributed by atoms with Gasteiger partial charge in [0, 0.05) is 5.56 Å². The maximum Gasteiger partial charge on any atom is 0.339 e. The number of pyridine rings is 1. The van der Waals surface area contributed by atoms with Crippen molar-refractivity contribution >= 4 is 21.9 Å². The summed E-state index contributed by atoms with van der Waals surface area (Å²) in [7, 11) is 2.99. The van der Waals surface area contributed by atoms with Crippen LogP contribution >= 0.6 is 15.9 Å². The molecule has 1 aromatic carbocycles. The number of rotatable bonds is 4. The highest BCUT2D eigenvalue weighted by atomic mass is 79.9. The van der Waals surface area contributed by atoms with E-state index >= 15 is 0 Å². The van der Waals surface area contributed by atoms with Crippen LogP contribution in [-0.2, 0) is 0 Å². The number of carbonyl (C=O) groups is 1. The summed E-state index contributed by atoms with van der Waals surface area (Å²) in [4.78, 5) is 15.4. The number of hydrogen-bond acceptors (Lipinski definition) is 4. The second-order valence-electron chi connectivity index (χ2n) is 3.92. The molecule has 1 heterocycles. The number of nitrogens with zero attached hydrogens (tertiary/aromatic N) is 1. The summed E-state index contributed by atoms with van der Waals surface area (Å²) in [6.07, 6.45) is 1.40. The summed E-state index contributed by atoms with van der Waals surface area (Å²) in [6.45, 7) is 0. The molecule has 0 fully saturated rings. The lowest BCUT2D eigenvalue weighted by Gasteiger charge is -2.09. The molecule has 1 N–H and O–H groups in total. The SMILES string of the molecule is COc1ccc(-c2cc(C(=O)O)c(OC)cn2)cc1Br. The standard InChI is InChI=1S/C14H12BrNO4/c1-19-12-4-3-8(5-10(12)15)11-6-9(14(17)18)13(20-2)7-16-11/h3-7H,1-2H3,(H,17,18). The van der Waals surface area contributed by atoms with E-state index in [1.165, 1.54) is 19.4 Å². The summed E-state index contributed by atoms with van der Waals surface area (Å²) in [6, 6.07) is 6.89. The van der Waals surface area contributed by atoms with Gasteiger partial charge in [0.2, 0.25) is 0 Å². The number of carboxylic acids is 1. The maximum absolute atomic E-state index is 11.2. The number of benzene rings is 1. The highest BCUT2D eigenvalue weighted by Crippen LogP contribution is 2.31. The van der Waals surface area contributed by atoms with E-state index in [4.69, 9.17) is 14.6 Å². The molecule has 0 aliphatic heterocycles. The van der Waals surface area contributed by atoms with Crippen LogP contribution < -0.4 is 9.47 Å². The molecule has 0 amide bonds. The van der Waals surface area contributed by atoms with E-state index in [9.17, 15) is 4.79 Å². The van der Waals surface area contributed by atoms with Gasteiger partial charge in [-0.15, -0.1) is 0 Å². The van der Waals surface area contributed by atoms with E-state index in [0.717, 1.165) is 10.0 Å². The molecule has 5 nitrogen and oxygen atoms in total. The van der Waals surface area contributed by atoms with Crippen LogP contribution in [-0.4, -0.2) is 30.3 Å². The first-order chi connectivity index (χ1) is 9.56. The summed E-state index contributed by atoms with van der Waals surface area (Å²) in [5.41, 5.74) is 1.40. The van der Waals surface area contributed by atoms with Crippen LogP contribution in [0.15, 0.2) is 34.9 Å². The minimum Gasteiger partial charge on any atom is -0.496 e. The molecule has 0 bridgehead atoms. The number of hydrogen-bond donors (Lipinski definition) is 1. The van der Waals surface area contributed by atoms with Gasteiger partial charge in [0.1, 0.15) is 11.3 Å². The van der Waals surface area contributed by atoms with Crippen LogP contribution in [0.3, 0.4) is 0 Å². The average Bonchev–Trinajstić information content (AvgIpc) is 2.46. The smallest absolute Gasteiger partial charge is 0.339 e. The molecule has 0 atom stereocenters. The molecule has 0 aliphatic rings. The van der Waals surface area contributed by atoms with Crippen molar-refractivity contribution in [1.82, 2.24) is 4.98 Å². The third-order valence-electron chi connectivity index (χ3n) is 2.77. The zero-order valence-corrected chi connectivity index (χ0v) is 12.5. The predicted molar refractivity (Wildman–Crippen MR) is 77.4 cm³/mol. The summed E-state index contributed by atoms with van der Waals surface area (Å²) < 4.78 is 10.9. The van der Waals surface area contributed by atoms with Gasteiger partial charge in [-0.05, 0) is 40.2 Å². The highest BCUT2D eigenvalue weighted by Gasteiger charge is 2.14. The van der Waals surface area contributed by atoms with Crippen molar-refractivity contribution in [3.63, 3.8) is 0 Å². The van der Waals surface area contributed by atoms with Gasteiger partial charge in [0.05, 0.1) is 30.6 Å². The Hall–Kier alpha value is -2.08. The molecule has 2 rings (SSSR count). The van der Waals surface area contributed by atoms with Crippen molar-refractivity contribution in [3.8, 4) is 22.8 Å². The minimum absolute atomic E-state index is 0.0736. The van der Waals surface area contributed by atoms with Gasteiger partial charge >= 0.3 is 5.97 Å². The highest BCUT2D eigenvalue weighted by molar-refractivity contribution is 9.10. The third-order valence-corrected chi connectivity index (χ3v) is 3.38. The molecule has 0 saturated carbocycles. The van der Waals surface area contributed by atoms with Crippen molar-refractivity contribution in [2.75, 3.05) is 14.2 Å². The van der Waals surface area contributed by atoms with Crippen molar-refractivity contribution < 1.29 is 19.4 Å². The Morgan fingerprint density at radius 1 is 1.20 bits per heavy atom. The summed E-state index contributed by atoms with van der Waals surface area (Å²) in [5.74, 6) is -0.132. The fourth-order valence-electron chi connectivity index (χ4n) is 1.76. The lowest BCUT2D eigenvalue weighted by Crippen LogP contribution is -2.02. The second kappa shape index (κ2) is 5.92. The molecule has 6 heteroatoms. The normalized spacial score (nSPS) is 10.2. The van der Waals surface area contributed by atoms with Crippen LogP contribution in [0.25, 0.3) is 11.3 Å². The van der Waals surface area contributed by atoms with E-state index in [0.29, 0.717) is 11.4 Å². The van der Waals surface area contributed by atoms with E-state index in [2.05, 4.69) is 20.9 Å². The van der Waals surface area contributed by atoms with Crippen LogP contribution in [0, 0.1) is 0 Å². The molecule has 0 unspecified atom stereocenters. The van der Waals surface area contributed by atoms with Gasteiger partial charge in [0.15, 0.2) is 5.75 Å². The quantitative estimate of drug-likeness (QED) is 0.927. The van der Waals surface area contributed by atoms with Gasteiger partial charge < -0.3 is 14.6 Å². The number of aromatic nitrogens is 1. The average molecular weight is 338 g/mol. The van der Waals surface area contributed by atoms with Gasteiger partial charge in [0.25, 0.3) is 0 Å². The lowest BCUT2D eigenvalue weighted by molar-refractivity contribution is 0.0693. The molecule has 1 aromatic heterocycles. The van der Waals surface area contributed by atoms with E-state index in [-0.39, 0.29) is 11.3 Å². The van der Waals surface area contributed by atoms with E-state index in [1.54, 1.807) is 13.2 Å². The first-order valence-corrected chi connectivity index (χ1v) is 6.47.